The van der Waals surface area contributed by atoms with Crippen LogP contribution in [-0.2, 0) is 4.57 Å². The lowest BCUT2D eigenvalue weighted by molar-refractivity contribution is 0.592. The number of nitrogens with zero attached hydrogens (tertiary/aromatic N) is 2. The number of aromatic nitrogens is 2. The van der Waals surface area contributed by atoms with Gasteiger partial charge in [0, 0.05) is 48.8 Å². The van der Waals surface area contributed by atoms with E-state index in [1.54, 1.807) is 0 Å². The second-order valence-corrected chi connectivity index (χ2v) is 14.5. The maximum absolute atomic E-state index is 15.9. The van der Waals surface area contributed by atoms with E-state index in [2.05, 4.69) is 130 Å². The first-order chi connectivity index (χ1) is 22.7. The first kappa shape index (κ1) is 26.7. The van der Waals surface area contributed by atoms with E-state index >= 15 is 4.57 Å². The van der Waals surface area contributed by atoms with Gasteiger partial charge in [0.05, 0.1) is 22.1 Å². The number of fused-ring (bicyclic) bond motifs is 6. The van der Waals surface area contributed by atoms with Crippen LogP contribution < -0.4 is 15.9 Å². The summed E-state index contributed by atoms with van der Waals surface area (Å²) in [6, 6.07) is 60.6. The highest BCUT2D eigenvalue weighted by Gasteiger charge is 2.31. The van der Waals surface area contributed by atoms with E-state index in [0.717, 1.165) is 49.4 Å². The first-order valence-corrected chi connectivity index (χ1v) is 17.3. The third kappa shape index (κ3) is 3.96. The molecule has 0 aliphatic carbocycles. The molecule has 0 atom stereocenters. The smallest absolute Gasteiger partial charge is 0.171 e. The molecule has 0 radical (unpaired) electrons. The van der Waals surface area contributed by atoms with Crippen molar-refractivity contribution in [3.05, 3.63) is 176 Å². The predicted molar refractivity (Wildman–Crippen MR) is 195 cm³/mol. The molecular weight excluding hydrogens is 579 g/mol. The van der Waals surface area contributed by atoms with Crippen molar-refractivity contribution in [2.75, 3.05) is 0 Å². The highest BCUT2D eigenvalue weighted by molar-refractivity contribution is 7.85. The summed E-state index contributed by atoms with van der Waals surface area (Å²) in [7, 11) is -3.30. The Bertz CT molecular complexity index is 2360. The summed E-state index contributed by atoms with van der Waals surface area (Å²) in [5, 5.41) is 7.23. The fraction of sp³-hybridized carbons (Fsp3) is 0. The lowest BCUT2D eigenvalue weighted by Crippen LogP contribution is -2.25. The monoisotopic (exact) mass is 608 g/mol. The quantitative estimate of drug-likeness (QED) is 0.179. The van der Waals surface area contributed by atoms with Crippen molar-refractivity contribution in [3.63, 3.8) is 0 Å². The average molecular weight is 609 g/mol. The Hall–Kier alpha value is -5.63. The van der Waals surface area contributed by atoms with Crippen molar-refractivity contribution >= 4 is 66.7 Å². The first-order valence-electron chi connectivity index (χ1n) is 15.6. The lowest BCUT2D eigenvalue weighted by atomic mass is 10.2. The number of benzene rings is 7. The maximum Gasteiger partial charge on any atom is 0.171 e. The van der Waals surface area contributed by atoms with E-state index in [9.17, 15) is 0 Å². The SMILES string of the molecule is O=P(c1ccccc1)(c1cccc(-n2c3ccccc3c3ccccc32)c1)c1cccc(-n2c3ccccc3c3ccccc32)c1. The van der Waals surface area contributed by atoms with Crippen molar-refractivity contribution in [2.45, 2.75) is 0 Å². The predicted octanol–water partition coefficient (Wildman–Crippen LogP) is 9.52. The largest absolute Gasteiger partial charge is 0.309 e. The summed E-state index contributed by atoms with van der Waals surface area (Å²) in [4.78, 5) is 0. The molecule has 0 saturated carbocycles. The van der Waals surface area contributed by atoms with Crippen LogP contribution in [0.1, 0.15) is 0 Å². The molecule has 0 bridgehead atoms. The molecule has 46 heavy (non-hydrogen) atoms. The van der Waals surface area contributed by atoms with Gasteiger partial charge >= 0.3 is 0 Å². The second kappa shape index (κ2) is 10.5. The molecule has 2 aromatic heterocycles. The molecule has 2 heterocycles. The maximum atomic E-state index is 15.9. The molecule has 0 spiro atoms. The molecule has 0 aliphatic heterocycles. The Morgan fingerprint density at radius 3 is 1.04 bits per heavy atom. The van der Waals surface area contributed by atoms with Crippen LogP contribution in [-0.4, -0.2) is 9.13 Å². The number of hydrogen-bond donors (Lipinski definition) is 0. The Morgan fingerprint density at radius 2 is 0.652 bits per heavy atom. The number of para-hydroxylation sites is 4. The van der Waals surface area contributed by atoms with Crippen molar-refractivity contribution in [1.82, 2.24) is 9.13 Å². The fourth-order valence-corrected chi connectivity index (χ4v) is 9.85. The van der Waals surface area contributed by atoms with Gasteiger partial charge in [-0.2, -0.15) is 0 Å². The zero-order valence-corrected chi connectivity index (χ0v) is 25.9. The van der Waals surface area contributed by atoms with Gasteiger partial charge < -0.3 is 13.7 Å². The summed E-state index contributed by atoms with van der Waals surface area (Å²) < 4.78 is 20.5. The Labute approximate surface area is 267 Å². The van der Waals surface area contributed by atoms with E-state index < -0.39 is 7.14 Å². The molecule has 9 aromatic rings. The molecule has 0 saturated heterocycles. The normalized spacial score (nSPS) is 12.0. The van der Waals surface area contributed by atoms with Gasteiger partial charge in [0.15, 0.2) is 7.14 Å². The van der Waals surface area contributed by atoms with Crippen molar-refractivity contribution in [1.29, 1.82) is 0 Å². The Balaban J connectivity index is 1.28. The van der Waals surface area contributed by atoms with Gasteiger partial charge in [-0.1, -0.05) is 127 Å². The van der Waals surface area contributed by atoms with Gasteiger partial charge in [-0.05, 0) is 48.5 Å². The Morgan fingerprint density at radius 1 is 0.326 bits per heavy atom. The van der Waals surface area contributed by atoms with E-state index in [1.807, 2.05) is 54.6 Å². The summed E-state index contributed by atoms with van der Waals surface area (Å²) in [5.74, 6) is 0. The molecule has 0 unspecified atom stereocenters. The van der Waals surface area contributed by atoms with Crippen molar-refractivity contribution < 1.29 is 4.57 Å². The molecule has 9 rings (SSSR count). The second-order valence-electron chi connectivity index (χ2n) is 11.7. The molecule has 218 valence electrons. The van der Waals surface area contributed by atoms with Gasteiger partial charge in [0.25, 0.3) is 0 Å². The van der Waals surface area contributed by atoms with Crippen LogP contribution in [0.25, 0.3) is 55.0 Å². The lowest BCUT2D eigenvalue weighted by Gasteiger charge is -2.22. The molecule has 0 N–H and O–H groups in total. The van der Waals surface area contributed by atoms with Gasteiger partial charge in [0.2, 0.25) is 0 Å². The average Bonchev–Trinajstić information content (AvgIpc) is 3.65. The van der Waals surface area contributed by atoms with E-state index in [4.69, 9.17) is 0 Å². The molecule has 4 heteroatoms. The van der Waals surface area contributed by atoms with Crippen LogP contribution in [0.15, 0.2) is 176 Å². The zero-order chi connectivity index (χ0) is 30.7. The van der Waals surface area contributed by atoms with E-state index in [1.165, 1.54) is 21.5 Å². The Kier molecular flexibility index (Phi) is 6.09. The summed E-state index contributed by atoms with van der Waals surface area (Å²) in [5.41, 5.74) is 6.49. The minimum Gasteiger partial charge on any atom is -0.309 e. The van der Waals surface area contributed by atoms with Crippen LogP contribution in [0, 0.1) is 0 Å². The summed E-state index contributed by atoms with van der Waals surface area (Å²) >= 11 is 0. The minimum absolute atomic E-state index is 0.803. The van der Waals surface area contributed by atoms with Crippen LogP contribution >= 0.6 is 7.14 Å². The minimum atomic E-state index is -3.30. The molecule has 3 nitrogen and oxygen atoms in total. The standard InChI is InChI=1S/C42H29N2OP/c45-46(32-16-2-1-3-17-32,33-18-12-14-30(28-33)43-39-24-8-4-20-35(39)36-21-5-9-25-40(36)43)34-19-13-15-31(29-34)44-41-26-10-6-22-37(41)38-23-7-11-27-42(38)44/h1-29H. The number of hydrogen-bond acceptors (Lipinski definition) is 1. The van der Waals surface area contributed by atoms with Crippen LogP contribution in [0.3, 0.4) is 0 Å². The fourth-order valence-electron chi connectivity index (χ4n) is 7.14. The molecular formula is C42H29N2OP. The molecule has 0 aliphatic rings. The van der Waals surface area contributed by atoms with E-state index in [0.29, 0.717) is 0 Å². The van der Waals surface area contributed by atoms with Crippen LogP contribution in [0.4, 0.5) is 0 Å². The van der Waals surface area contributed by atoms with Gasteiger partial charge in [-0.3, -0.25) is 0 Å². The van der Waals surface area contributed by atoms with Gasteiger partial charge in [0.1, 0.15) is 0 Å². The third-order valence-corrected chi connectivity index (χ3v) is 12.2. The third-order valence-electron chi connectivity index (χ3n) is 9.18. The van der Waals surface area contributed by atoms with Crippen molar-refractivity contribution in [3.8, 4) is 11.4 Å². The highest BCUT2D eigenvalue weighted by Crippen LogP contribution is 2.44. The highest BCUT2D eigenvalue weighted by atomic mass is 31.2. The summed E-state index contributed by atoms with van der Waals surface area (Å²) in [6.07, 6.45) is 0. The van der Waals surface area contributed by atoms with Gasteiger partial charge in [-0.25, -0.2) is 0 Å². The van der Waals surface area contributed by atoms with E-state index in [-0.39, 0.29) is 0 Å². The van der Waals surface area contributed by atoms with Gasteiger partial charge in [-0.15, -0.1) is 0 Å². The zero-order valence-electron chi connectivity index (χ0n) is 25.0. The topological polar surface area (TPSA) is 26.9 Å². The molecule has 0 amide bonds. The summed E-state index contributed by atoms with van der Waals surface area (Å²) in [6.45, 7) is 0. The number of rotatable bonds is 5. The molecule has 7 aromatic carbocycles. The van der Waals surface area contributed by atoms with Crippen LogP contribution in [0.5, 0.6) is 0 Å². The van der Waals surface area contributed by atoms with Crippen LogP contribution in [0.2, 0.25) is 0 Å². The molecule has 0 fully saturated rings. The van der Waals surface area contributed by atoms with Crippen molar-refractivity contribution in [2.24, 2.45) is 0 Å².